The molecule has 122 valence electrons. The maximum atomic E-state index is 12.8. The highest BCUT2D eigenvalue weighted by Crippen LogP contribution is 2.35. The van der Waals surface area contributed by atoms with Crippen LogP contribution in [0.1, 0.15) is 68.3 Å². The van der Waals surface area contributed by atoms with Crippen LogP contribution >= 0.6 is 11.6 Å². The van der Waals surface area contributed by atoms with Crippen molar-refractivity contribution in [2.45, 2.75) is 58.4 Å². The molecule has 1 N–H and O–H groups in total. The van der Waals surface area contributed by atoms with E-state index in [4.69, 9.17) is 16.3 Å². The van der Waals surface area contributed by atoms with Gasteiger partial charge >= 0.3 is 0 Å². The third kappa shape index (κ3) is 4.02. The molecule has 1 aromatic carbocycles. The Labute approximate surface area is 138 Å². The first kappa shape index (κ1) is 17.3. The number of nitrogens with one attached hydrogen (secondary N) is 1. The predicted octanol–water partition coefficient (Wildman–Crippen LogP) is 4.58. The Kier molecular flexibility index (Phi) is 6.27. The molecular weight excluding hydrogens is 298 g/mol. The van der Waals surface area contributed by atoms with Crippen LogP contribution in [0.2, 0.25) is 5.02 Å². The fourth-order valence-electron chi connectivity index (χ4n) is 2.80. The molecule has 0 amide bonds. The van der Waals surface area contributed by atoms with Crippen LogP contribution in [0.4, 0.5) is 0 Å². The lowest BCUT2D eigenvalue weighted by molar-refractivity contribution is 0.0948. The third-order valence-electron chi connectivity index (χ3n) is 4.09. The summed E-state index contributed by atoms with van der Waals surface area (Å²) >= 11 is 6.25. The molecule has 2 rings (SSSR count). The van der Waals surface area contributed by atoms with E-state index in [1.807, 2.05) is 6.07 Å². The van der Waals surface area contributed by atoms with Gasteiger partial charge in [-0.15, -0.1) is 0 Å². The Morgan fingerprint density at radius 2 is 2.23 bits per heavy atom. The number of hydrogen-bond donors (Lipinski definition) is 1. The molecule has 0 aliphatic carbocycles. The second kappa shape index (κ2) is 7.98. The summed E-state index contributed by atoms with van der Waals surface area (Å²) in [6, 6.07) is 3.58. The number of Topliss-reactive ketones (excluding diaryl/α,β-unsaturated/α-hetero) is 1. The van der Waals surface area contributed by atoms with Crippen LogP contribution in [0, 0.1) is 0 Å². The molecule has 0 spiro atoms. The zero-order valence-electron chi connectivity index (χ0n) is 13.7. The van der Waals surface area contributed by atoms with E-state index in [-0.39, 0.29) is 17.7 Å². The van der Waals surface area contributed by atoms with E-state index < -0.39 is 0 Å². The van der Waals surface area contributed by atoms with E-state index in [2.05, 4.69) is 26.1 Å². The summed E-state index contributed by atoms with van der Waals surface area (Å²) in [6.07, 6.45) is 3.98. The maximum Gasteiger partial charge on any atom is 0.183 e. The van der Waals surface area contributed by atoms with Crippen molar-refractivity contribution < 1.29 is 9.53 Å². The molecule has 1 aromatic rings. The minimum absolute atomic E-state index is 0.105. The number of rotatable bonds is 7. The van der Waals surface area contributed by atoms with Gasteiger partial charge in [0.25, 0.3) is 0 Å². The molecule has 0 bridgehead atoms. The molecule has 0 radical (unpaired) electrons. The highest BCUT2D eigenvalue weighted by molar-refractivity contribution is 6.31. The van der Waals surface area contributed by atoms with Gasteiger partial charge in [-0.3, -0.25) is 4.79 Å². The van der Waals surface area contributed by atoms with Crippen LogP contribution in [0.5, 0.6) is 5.75 Å². The number of unbranched alkanes of at least 4 members (excludes halogenated alkanes) is 1. The molecule has 1 aliphatic rings. The average Bonchev–Trinajstić information content (AvgIpc) is 3.01. The van der Waals surface area contributed by atoms with Gasteiger partial charge in [0.15, 0.2) is 5.78 Å². The molecule has 0 saturated carbocycles. The minimum Gasteiger partial charge on any atom is -0.493 e. The predicted molar refractivity (Wildman–Crippen MR) is 91.3 cm³/mol. The Balaban J connectivity index is 2.37. The van der Waals surface area contributed by atoms with Crippen LogP contribution in [-0.4, -0.2) is 25.0 Å². The molecule has 3 nitrogen and oxygen atoms in total. The third-order valence-corrected chi connectivity index (χ3v) is 4.31. The molecule has 1 heterocycles. The van der Waals surface area contributed by atoms with E-state index >= 15 is 0 Å². The number of hydrogen-bond acceptors (Lipinski definition) is 3. The van der Waals surface area contributed by atoms with Gasteiger partial charge < -0.3 is 10.1 Å². The average molecular weight is 324 g/mol. The molecule has 1 unspecified atom stereocenters. The summed E-state index contributed by atoms with van der Waals surface area (Å²) in [4.78, 5) is 12.8. The standard InChI is InChI=1S/C18H26ClNO2/c1-4-5-9-22-18-14(12(2)3)10-13(19)11-15(18)17(21)16-7-6-8-20-16/h10-12,16,20H,4-9H2,1-3H3. The van der Waals surface area contributed by atoms with Gasteiger partial charge in [-0.2, -0.15) is 0 Å². The zero-order valence-corrected chi connectivity index (χ0v) is 14.5. The van der Waals surface area contributed by atoms with Crippen LogP contribution in [-0.2, 0) is 0 Å². The van der Waals surface area contributed by atoms with Crippen molar-refractivity contribution in [3.8, 4) is 5.75 Å². The summed E-state index contributed by atoms with van der Waals surface area (Å²) in [5, 5.41) is 3.87. The molecule has 4 heteroatoms. The van der Waals surface area contributed by atoms with Gasteiger partial charge in [0, 0.05) is 5.02 Å². The van der Waals surface area contributed by atoms with Crippen LogP contribution in [0.15, 0.2) is 12.1 Å². The number of benzene rings is 1. The van der Waals surface area contributed by atoms with Gasteiger partial charge in [0.05, 0.1) is 18.2 Å². The van der Waals surface area contributed by atoms with Crippen molar-refractivity contribution in [3.05, 3.63) is 28.3 Å². The van der Waals surface area contributed by atoms with Crippen molar-refractivity contribution in [2.24, 2.45) is 0 Å². The first-order chi connectivity index (χ1) is 10.5. The van der Waals surface area contributed by atoms with E-state index in [1.54, 1.807) is 6.07 Å². The monoisotopic (exact) mass is 323 g/mol. The molecule has 0 aromatic heterocycles. The second-order valence-corrected chi connectivity index (χ2v) is 6.68. The Morgan fingerprint density at radius 3 is 2.82 bits per heavy atom. The number of ether oxygens (including phenoxy) is 1. The van der Waals surface area contributed by atoms with Gasteiger partial charge in [-0.1, -0.05) is 38.8 Å². The summed E-state index contributed by atoms with van der Waals surface area (Å²) in [5.41, 5.74) is 1.65. The number of halogens is 1. The molecule has 1 fully saturated rings. The fourth-order valence-corrected chi connectivity index (χ4v) is 3.03. The Bertz CT molecular complexity index is 522. The van der Waals surface area contributed by atoms with Crippen LogP contribution < -0.4 is 10.1 Å². The van der Waals surface area contributed by atoms with Gasteiger partial charge in [-0.25, -0.2) is 0 Å². The number of carbonyl (C=O) groups excluding carboxylic acids is 1. The van der Waals surface area contributed by atoms with Crippen LogP contribution in [0.3, 0.4) is 0 Å². The topological polar surface area (TPSA) is 38.3 Å². The van der Waals surface area contributed by atoms with Crippen molar-refractivity contribution in [3.63, 3.8) is 0 Å². The summed E-state index contributed by atoms with van der Waals surface area (Å²) < 4.78 is 6.00. The van der Waals surface area contributed by atoms with Crippen LogP contribution in [0.25, 0.3) is 0 Å². The molecule has 1 saturated heterocycles. The first-order valence-corrected chi connectivity index (χ1v) is 8.66. The normalized spacial score (nSPS) is 18.0. The quantitative estimate of drug-likeness (QED) is 0.589. The first-order valence-electron chi connectivity index (χ1n) is 8.28. The van der Waals surface area contributed by atoms with Crippen molar-refractivity contribution in [2.75, 3.05) is 13.2 Å². The van der Waals surface area contributed by atoms with Gasteiger partial charge in [-0.05, 0) is 49.4 Å². The number of carbonyl (C=O) groups is 1. The fraction of sp³-hybridized carbons (Fsp3) is 0.611. The Morgan fingerprint density at radius 1 is 1.45 bits per heavy atom. The highest BCUT2D eigenvalue weighted by Gasteiger charge is 2.28. The summed E-state index contributed by atoms with van der Waals surface area (Å²) in [5.74, 6) is 1.10. The maximum absolute atomic E-state index is 12.8. The molecule has 22 heavy (non-hydrogen) atoms. The van der Waals surface area contributed by atoms with E-state index in [0.717, 1.165) is 43.5 Å². The smallest absolute Gasteiger partial charge is 0.183 e. The lowest BCUT2D eigenvalue weighted by Gasteiger charge is -2.20. The summed E-state index contributed by atoms with van der Waals surface area (Å²) in [6.45, 7) is 7.86. The van der Waals surface area contributed by atoms with Gasteiger partial charge in [0.1, 0.15) is 5.75 Å². The lowest BCUT2D eigenvalue weighted by Crippen LogP contribution is -2.31. The highest BCUT2D eigenvalue weighted by atomic mass is 35.5. The van der Waals surface area contributed by atoms with Gasteiger partial charge in [0.2, 0.25) is 0 Å². The SMILES string of the molecule is CCCCOc1c(C(=O)C2CCCN2)cc(Cl)cc1C(C)C. The van der Waals surface area contributed by atoms with E-state index in [1.165, 1.54) is 0 Å². The zero-order chi connectivity index (χ0) is 16.1. The molecule has 1 atom stereocenters. The van der Waals surface area contributed by atoms with E-state index in [9.17, 15) is 4.79 Å². The second-order valence-electron chi connectivity index (χ2n) is 6.24. The molecular formula is C18H26ClNO2. The summed E-state index contributed by atoms with van der Waals surface area (Å²) in [7, 11) is 0. The Hall–Kier alpha value is -1.06. The van der Waals surface area contributed by atoms with Crippen molar-refractivity contribution in [1.82, 2.24) is 5.32 Å². The van der Waals surface area contributed by atoms with Crippen molar-refractivity contribution in [1.29, 1.82) is 0 Å². The largest absolute Gasteiger partial charge is 0.493 e. The number of ketones is 1. The minimum atomic E-state index is -0.105. The lowest BCUT2D eigenvalue weighted by atomic mass is 9.94. The molecule has 1 aliphatic heterocycles. The van der Waals surface area contributed by atoms with Crippen molar-refractivity contribution >= 4 is 17.4 Å². The van der Waals surface area contributed by atoms with E-state index in [0.29, 0.717) is 17.2 Å².